The number of benzene rings is 1. The molecule has 0 bridgehead atoms. The van der Waals surface area contributed by atoms with E-state index in [1.807, 2.05) is 0 Å². The van der Waals surface area contributed by atoms with Crippen molar-refractivity contribution in [2.24, 2.45) is 17.8 Å². The molecule has 1 saturated heterocycles. The van der Waals surface area contributed by atoms with Crippen LogP contribution in [0, 0.1) is 30.5 Å². The maximum Gasteiger partial charge on any atom is 0.237 e. The van der Waals surface area contributed by atoms with E-state index in [-0.39, 0.29) is 23.7 Å². The summed E-state index contributed by atoms with van der Waals surface area (Å²) in [5, 5.41) is 0. The summed E-state index contributed by atoms with van der Waals surface area (Å²) in [6.45, 7) is 3.91. The molecule has 1 aromatic carbocycles. The average molecular weight is 275 g/mol. The molecule has 1 heterocycles. The number of nitrogens with zero attached hydrogens (tertiary/aromatic N) is 1. The van der Waals surface area contributed by atoms with Gasteiger partial charge in [0.1, 0.15) is 5.82 Å². The number of hydrogen-bond acceptors (Lipinski definition) is 2. The zero-order valence-electron chi connectivity index (χ0n) is 11.7. The first kappa shape index (κ1) is 13.3. The first-order valence-corrected chi connectivity index (χ1v) is 7.13. The highest BCUT2D eigenvalue weighted by atomic mass is 19.1. The fourth-order valence-corrected chi connectivity index (χ4v) is 3.45. The van der Waals surface area contributed by atoms with E-state index in [1.54, 1.807) is 13.0 Å². The lowest BCUT2D eigenvalue weighted by Gasteiger charge is -2.25. The van der Waals surface area contributed by atoms with Crippen LogP contribution in [-0.2, 0) is 9.59 Å². The zero-order chi connectivity index (χ0) is 14.4. The van der Waals surface area contributed by atoms with E-state index >= 15 is 0 Å². The Morgan fingerprint density at radius 3 is 2.60 bits per heavy atom. The minimum absolute atomic E-state index is 0.152. The van der Waals surface area contributed by atoms with Crippen molar-refractivity contribution in [1.82, 2.24) is 0 Å². The van der Waals surface area contributed by atoms with Crippen LogP contribution in [0.4, 0.5) is 10.1 Å². The molecule has 0 unspecified atom stereocenters. The van der Waals surface area contributed by atoms with Crippen LogP contribution < -0.4 is 4.90 Å². The number of anilines is 1. The molecular formula is C16H18FNO2. The number of aryl methyl sites for hydroxylation is 1. The number of carbonyl (C=O) groups is 2. The summed E-state index contributed by atoms with van der Waals surface area (Å²) in [6, 6.07) is 4.24. The number of amides is 2. The minimum atomic E-state index is -0.422. The molecule has 3 nitrogen and oxygen atoms in total. The van der Waals surface area contributed by atoms with Gasteiger partial charge in [0.15, 0.2) is 0 Å². The van der Waals surface area contributed by atoms with E-state index in [0.717, 1.165) is 24.8 Å². The summed E-state index contributed by atoms with van der Waals surface area (Å²) >= 11 is 0. The van der Waals surface area contributed by atoms with Crippen molar-refractivity contribution in [2.45, 2.75) is 33.1 Å². The quantitative estimate of drug-likeness (QED) is 0.739. The Kier molecular flexibility index (Phi) is 3.11. The highest BCUT2D eigenvalue weighted by Gasteiger charge is 2.50. The molecule has 3 atom stereocenters. The second-order valence-electron chi connectivity index (χ2n) is 6.07. The van der Waals surface area contributed by atoms with Crippen molar-refractivity contribution in [3.8, 4) is 0 Å². The van der Waals surface area contributed by atoms with Gasteiger partial charge in [-0.3, -0.25) is 9.59 Å². The van der Waals surface area contributed by atoms with Crippen molar-refractivity contribution in [3.05, 3.63) is 29.6 Å². The first-order chi connectivity index (χ1) is 9.49. The second kappa shape index (κ2) is 4.69. The van der Waals surface area contributed by atoms with Crippen LogP contribution in [0.25, 0.3) is 0 Å². The summed E-state index contributed by atoms with van der Waals surface area (Å²) in [7, 11) is 0. The molecule has 2 aliphatic rings. The van der Waals surface area contributed by atoms with Gasteiger partial charge < -0.3 is 0 Å². The highest BCUT2D eigenvalue weighted by molar-refractivity contribution is 6.22. The second-order valence-corrected chi connectivity index (χ2v) is 6.07. The molecule has 1 aromatic rings. The lowest BCUT2D eigenvalue weighted by atomic mass is 9.76. The van der Waals surface area contributed by atoms with Gasteiger partial charge in [0.05, 0.1) is 17.5 Å². The first-order valence-electron chi connectivity index (χ1n) is 7.13. The Morgan fingerprint density at radius 1 is 1.15 bits per heavy atom. The molecular weight excluding hydrogens is 257 g/mol. The van der Waals surface area contributed by atoms with Gasteiger partial charge in [0.25, 0.3) is 0 Å². The van der Waals surface area contributed by atoms with Gasteiger partial charge in [0.2, 0.25) is 11.8 Å². The molecule has 4 heteroatoms. The number of halogens is 1. The van der Waals surface area contributed by atoms with Gasteiger partial charge in [-0.05, 0) is 49.8 Å². The summed E-state index contributed by atoms with van der Waals surface area (Å²) in [4.78, 5) is 26.3. The Hall–Kier alpha value is -1.71. The third-order valence-corrected chi connectivity index (χ3v) is 4.60. The molecule has 1 aliphatic heterocycles. The molecule has 0 spiro atoms. The van der Waals surface area contributed by atoms with Crippen LogP contribution in [0.3, 0.4) is 0 Å². The highest BCUT2D eigenvalue weighted by Crippen LogP contribution is 2.42. The third-order valence-electron chi connectivity index (χ3n) is 4.60. The smallest absolute Gasteiger partial charge is 0.237 e. The Balaban J connectivity index is 2.00. The Morgan fingerprint density at radius 2 is 1.85 bits per heavy atom. The summed E-state index contributed by atoms with van der Waals surface area (Å²) < 4.78 is 13.4. The molecule has 0 N–H and O–H groups in total. The molecule has 20 heavy (non-hydrogen) atoms. The Bertz CT molecular complexity index is 584. The Labute approximate surface area is 117 Å². The van der Waals surface area contributed by atoms with Crippen molar-refractivity contribution in [3.63, 3.8) is 0 Å². The van der Waals surface area contributed by atoms with Crippen LogP contribution in [0.15, 0.2) is 18.2 Å². The SMILES string of the molecule is Cc1ccc(F)cc1N1C(=O)[C@H]2C[C@@H](C)CC[C@H]2C1=O. The predicted molar refractivity (Wildman–Crippen MR) is 73.6 cm³/mol. The van der Waals surface area contributed by atoms with Crippen LogP contribution in [0.5, 0.6) is 0 Å². The van der Waals surface area contributed by atoms with E-state index in [9.17, 15) is 14.0 Å². The molecule has 106 valence electrons. The topological polar surface area (TPSA) is 37.4 Å². The van der Waals surface area contributed by atoms with Gasteiger partial charge in [-0.25, -0.2) is 9.29 Å². The van der Waals surface area contributed by atoms with Crippen LogP contribution in [0.2, 0.25) is 0 Å². The van der Waals surface area contributed by atoms with E-state index in [1.165, 1.54) is 17.0 Å². The van der Waals surface area contributed by atoms with Gasteiger partial charge in [0, 0.05) is 0 Å². The van der Waals surface area contributed by atoms with E-state index in [2.05, 4.69) is 6.92 Å². The zero-order valence-corrected chi connectivity index (χ0v) is 11.7. The summed E-state index contributed by atoms with van der Waals surface area (Å²) in [6.07, 6.45) is 2.51. The number of fused-ring (bicyclic) bond motifs is 1. The predicted octanol–water partition coefficient (Wildman–Crippen LogP) is 3.06. The van der Waals surface area contributed by atoms with Gasteiger partial charge in [-0.15, -0.1) is 0 Å². The van der Waals surface area contributed by atoms with Crippen LogP contribution >= 0.6 is 0 Å². The number of carbonyl (C=O) groups excluding carboxylic acids is 2. The van der Waals surface area contributed by atoms with Crippen molar-refractivity contribution in [2.75, 3.05) is 4.90 Å². The maximum atomic E-state index is 13.4. The molecule has 1 saturated carbocycles. The summed E-state index contributed by atoms with van der Waals surface area (Å²) in [5.41, 5.74) is 1.15. The van der Waals surface area contributed by atoms with Crippen molar-refractivity contribution >= 4 is 17.5 Å². The minimum Gasteiger partial charge on any atom is -0.274 e. The third kappa shape index (κ3) is 1.94. The number of imide groups is 1. The van der Waals surface area contributed by atoms with E-state index in [4.69, 9.17) is 0 Å². The lowest BCUT2D eigenvalue weighted by Crippen LogP contribution is -2.31. The fraction of sp³-hybridized carbons (Fsp3) is 0.500. The number of rotatable bonds is 1. The van der Waals surface area contributed by atoms with Crippen LogP contribution in [0.1, 0.15) is 31.7 Å². The van der Waals surface area contributed by atoms with Gasteiger partial charge in [-0.2, -0.15) is 0 Å². The maximum absolute atomic E-state index is 13.4. The van der Waals surface area contributed by atoms with E-state index in [0.29, 0.717) is 11.6 Å². The molecule has 1 aliphatic carbocycles. The molecule has 0 radical (unpaired) electrons. The monoisotopic (exact) mass is 275 g/mol. The lowest BCUT2D eigenvalue weighted by molar-refractivity contribution is -0.122. The van der Waals surface area contributed by atoms with Gasteiger partial charge >= 0.3 is 0 Å². The van der Waals surface area contributed by atoms with Crippen LogP contribution in [-0.4, -0.2) is 11.8 Å². The molecule has 0 aromatic heterocycles. The van der Waals surface area contributed by atoms with Gasteiger partial charge in [-0.1, -0.05) is 13.0 Å². The normalized spacial score (nSPS) is 29.8. The van der Waals surface area contributed by atoms with Crippen molar-refractivity contribution < 1.29 is 14.0 Å². The van der Waals surface area contributed by atoms with E-state index < -0.39 is 5.82 Å². The molecule has 2 fully saturated rings. The number of hydrogen-bond donors (Lipinski definition) is 0. The average Bonchev–Trinajstić information content (AvgIpc) is 2.65. The largest absolute Gasteiger partial charge is 0.274 e. The fourth-order valence-electron chi connectivity index (χ4n) is 3.45. The van der Waals surface area contributed by atoms with Crippen molar-refractivity contribution in [1.29, 1.82) is 0 Å². The molecule has 3 rings (SSSR count). The standard InChI is InChI=1S/C16H18FNO2/c1-9-3-6-12-13(7-9)16(20)18(15(12)19)14-8-11(17)5-4-10(14)2/h4-5,8-9,12-13H,3,6-7H2,1-2H3/t9-,12+,13-/m0/s1. The summed E-state index contributed by atoms with van der Waals surface area (Å²) in [5.74, 6) is -0.674. The molecule has 2 amide bonds.